The van der Waals surface area contributed by atoms with Crippen LogP contribution in [0.15, 0.2) is 54.7 Å². The third kappa shape index (κ3) is 14.7. The van der Waals surface area contributed by atoms with Gasteiger partial charge in [0.05, 0.1) is 40.6 Å². The summed E-state index contributed by atoms with van der Waals surface area (Å²) in [5.41, 5.74) is 5.31. The fourth-order valence-corrected chi connectivity index (χ4v) is 7.29. The van der Waals surface area contributed by atoms with Gasteiger partial charge < -0.3 is 10.2 Å². The number of rotatable bonds is 0. The van der Waals surface area contributed by atoms with Crippen LogP contribution in [-0.2, 0) is 42.2 Å². The van der Waals surface area contributed by atoms with Crippen molar-refractivity contribution in [2.75, 3.05) is 4.90 Å². The lowest BCUT2D eigenvalue weighted by molar-refractivity contribution is -0.145. The Morgan fingerprint density at radius 1 is 0.618 bits per heavy atom. The van der Waals surface area contributed by atoms with E-state index in [9.17, 15) is 19.2 Å². The molecule has 2 aliphatic heterocycles. The number of para-hydroxylation sites is 1. The van der Waals surface area contributed by atoms with Crippen LogP contribution in [0.3, 0.4) is 0 Å². The van der Waals surface area contributed by atoms with E-state index in [2.05, 4.69) is 100 Å². The predicted octanol–water partition coefficient (Wildman–Crippen LogP) is 11.7. The summed E-state index contributed by atoms with van der Waals surface area (Å²) in [7, 11) is 0. The Hall–Kier alpha value is -5.20. The van der Waals surface area contributed by atoms with Gasteiger partial charge in [-0.3, -0.25) is 24.1 Å². The van der Waals surface area contributed by atoms with E-state index in [0.717, 1.165) is 39.5 Å². The van der Waals surface area contributed by atoms with Crippen molar-refractivity contribution in [3.8, 4) is 22.5 Å². The number of carbonyl (C=O) groups excluding carboxylic acids is 4. The summed E-state index contributed by atoms with van der Waals surface area (Å²) in [4.78, 5) is 52.0. The zero-order chi connectivity index (χ0) is 52.6. The zero-order valence-electron chi connectivity index (χ0n) is 46.4. The first kappa shape index (κ1) is 57.1. The fourth-order valence-electron chi connectivity index (χ4n) is 7.29. The van der Waals surface area contributed by atoms with Crippen LogP contribution in [0.1, 0.15) is 184 Å². The largest absolute Gasteiger partial charge is 0.351 e. The van der Waals surface area contributed by atoms with E-state index in [1.165, 1.54) is 4.90 Å². The summed E-state index contributed by atoms with van der Waals surface area (Å²) in [6.07, 6.45) is 2.39. The molecule has 1 unspecified atom stereocenters. The summed E-state index contributed by atoms with van der Waals surface area (Å²) in [6, 6.07) is 16.3. The Kier molecular flexibility index (Phi) is 16.8. The molecule has 4 amide bonds. The third-order valence-electron chi connectivity index (χ3n) is 11.2. The van der Waals surface area contributed by atoms with Crippen molar-refractivity contribution in [2.24, 2.45) is 22.2 Å². The second kappa shape index (κ2) is 20.0. The van der Waals surface area contributed by atoms with Crippen molar-refractivity contribution in [2.45, 2.75) is 207 Å². The summed E-state index contributed by atoms with van der Waals surface area (Å²) in [5, 5.41) is 20.3. The quantitative estimate of drug-likeness (QED) is 0.171. The summed E-state index contributed by atoms with van der Waals surface area (Å²) in [6.45, 7) is 49.0. The number of aromatic nitrogens is 6. The molecular formula is C55H87N9O4. The van der Waals surface area contributed by atoms with Gasteiger partial charge in [0, 0.05) is 51.1 Å². The number of nitrogens with one attached hydrogen (secondary N) is 1. The van der Waals surface area contributed by atoms with Gasteiger partial charge in [-0.2, -0.15) is 0 Å². The van der Waals surface area contributed by atoms with Gasteiger partial charge in [0.15, 0.2) is 0 Å². The standard InChI is InChI=1S/C24H28N4O.C12H21NO2.C10H19N3.C9H19NO/c1-23(2,3)22(29)27-15-16-11-7-8-12-17(16)21-20(18-13-9-10-14-19(18)27)25-26-28(21)24(4,5)6;1-11(2,3)8-7-9(14)13(10(8)15)12(4,5)6;1-9(2,3)8-7-13(12-11-8)10(4,5)6;1-8(2,3)7(11)10-9(4,5)6/h7-14H,15H2,1-6H3;8H,7H2,1-6H3;7H,1-6H3;1-6H3,(H,10,11). The molecule has 1 fully saturated rings. The molecule has 6 rings (SSSR count). The first-order valence-electron chi connectivity index (χ1n) is 24.1. The Morgan fingerprint density at radius 3 is 1.53 bits per heavy atom. The van der Waals surface area contributed by atoms with Crippen molar-refractivity contribution in [3.05, 3.63) is 66.0 Å². The van der Waals surface area contributed by atoms with E-state index in [0.29, 0.717) is 13.0 Å². The van der Waals surface area contributed by atoms with Crippen molar-refractivity contribution < 1.29 is 19.2 Å². The second-order valence-electron chi connectivity index (χ2n) is 26.5. The van der Waals surface area contributed by atoms with Crippen LogP contribution in [0.2, 0.25) is 0 Å². The maximum atomic E-state index is 13.4. The number of likely N-dealkylation sites (tertiary alicyclic amines) is 1. The molecule has 2 aliphatic rings. The van der Waals surface area contributed by atoms with E-state index in [4.69, 9.17) is 0 Å². The first-order valence-corrected chi connectivity index (χ1v) is 24.1. The number of fused-ring (bicyclic) bond motifs is 5. The molecule has 2 aromatic heterocycles. The van der Waals surface area contributed by atoms with Crippen molar-refractivity contribution in [3.63, 3.8) is 0 Å². The van der Waals surface area contributed by atoms with Gasteiger partial charge in [-0.15, -0.1) is 10.2 Å². The molecule has 0 spiro atoms. The molecule has 1 saturated heterocycles. The predicted molar refractivity (Wildman–Crippen MR) is 277 cm³/mol. The lowest BCUT2D eigenvalue weighted by Gasteiger charge is -2.33. The fraction of sp³-hybridized carbons (Fsp3) is 0.636. The van der Waals surface area contributed by atoms with E-state index >= 15 is 0 Å². The third-order valence-corrected chi connectivity index (χ3v) is 11.2. The van der Waals surface area contributed by atoms with Crippen LogP contribution in [0, 0.1) is 22.2 Å². The van der Waals surface area contributed by atoms with E-state index in [-0.39, 0.29) is 62.4 Å². The summed E-state index contributed by atoms with van der Waals surface area (Å²) < 4.78 is 3.91. The maximum Gasteiger partial charge on any atom is 0.233 e. The van der Waals surface area contributed by atoms with Gasteiger partial charge >= 0.3 is 0 Å². The van der Waals surface area contributed by atoms with Gasteiger partial charge in [-0.05, 0) is 100 Å². The minimum absolute atomic E-state index is 0.0139. The summed E-state index contributed by atoms with van der Waals surface area (Å²) in [5.74, 6) is -0.0203. The zero-order valence-corrected chi connectivity index (χ0v) is 46.4. The highest BCUT2D eigenvalue weighted by atomic mass is 16.2. The molecule has 13 heteroatoms. The van der Waals surface area contributed by atoms with Crippen LogP contribution in [0.25, 0.3) is 22.5 Å². The molecule has 68 heavy (non-hydrogen) atoms. The number of imide groups is 1. The number of hydrogen-bond donors (Lipinski definition) is 1. The summed E-state index contributed by atoms with van der Waals surface area (Å²) >= 11 is 0. The smallest absolute Gasteiger partial charge is 0.233 e. The SMILES string of the molecule is CC(C)(C)C(=O)N1Cc2ccccc2-c2c(nnn2C(C)(C)C)-c2ccccc21.CC(C)(C)C1CC(=O)N(C(C)(C)C)C1=O.CC(C)(C)NC(=O)C(C)(C)C.CC(C)(C)c1cn(C(C)(C)C)nn1. The molecular weight excluding hydrogens is 851 g/mol. The molecule has 4 heterocycles. The van der Waals surface area contributed by atoms with Gasteiger partial charge in [0.25, 0.3) is 0 Å². The lowest BCUT2D eigenvalue weighted by atomic mass is 9.80. The Labute approximate surface area is 409 Å². The molecule has 0 bridgehead atoms. The molecule has 376 valence electrons. The number of benzene rings is 2. The first-order chi connectivity index (χ1) is 30.5. The lowest BCUT2D eigenvalue weighted by Crippen LogP contribution is -2.46. The topological polar surface area (TPSA) is 148 Å². The minimum Gasteiger partial charge on any atom is -0.351 e. The molecule has 2 aromatic carbocycles. The minimum atomic E-state index is -0.493. The molecule has 13 nitrogen and oxygen atoms in total. The van der Waals surface area contributed by atoms with Gasteiger partial charge in [-0.25, -0.2) is 9.36 Å². The number of hydrogen-bond acceptors (Lipinski definition) is 8. The Balaban J connectivity index is 0.000000265. The molecule has 4 aromatic rings. The van der Waals surface area contributed by atoms with Crippen LogP contribution < -0.4 is 10.2 Å². The van der Waals surface area contributed by atoms with Crippen molar-refractivity contribution in [1.82, 2.24) is 40.2 Å². The van der Waals surface area contributed by atoms with Crippen LogP contribution in [0.5, 0.6) is 0 Å². The van der Waals surface area contributed by atoms with Crippen LogP contribution in [0.4, 0.5) is 5.69 Å². The molecule has 0 aliphatic carbocycles. The average Bonchev–Trinajstić information content (AvgIpc) is 3.90. The monoisotopic (exact) mass is 938 g/mol. The maximum absolute atomic E-state index is 13.4. The Morgan fingerprint density at radius 2 is 1.15 bits per heavy atom. The normalized spacial score (nSPS) is 15.8. The number of amides is 4. The molecule has 1 N–H and O–H groups in total. The highest BCUT2D eigenvalue weighted by Gasteiger charge is 2.48. The Bertz CT molecular complexity index is 2370. The van der Waals surface area contributed by atoms with E-state index < -0.39 is 11.0 Å². The average molecular weight is 938 g/mol. The van der Waals surface area contributed by atoms with E-state index in [1.54, 1.807) is 0 Å². The van der Waals surface area contributed by atoms with Gasteiger partial charge in [0.2, 0.25) is 23.6 Å². The second-order valence-corrected chi connectivity index (χ2v) is 26.5. The van der Waals surface area contributed by atoms with Crippen molar-refractivity contribution >= 4 is 29.3 Å². The molecule has 1 atom stereocenters. The molecule has 0 radical (unpaired) electrons. The van der Waals surface area contributed by atoms with Crippen molar-refractivity contribution in [1.29, 1.82) is 0 Å². The van der Waals surface area contributed by atoms with Gasteiger partial charge in [-0.1, -0.05) is 136 Å². The number of nitrogens with zero attached hydrogens (tertiary/aromatic N) is 8. The number of carbonyl (C=O) groups is 4. The van der Waals surface area contributed by atoms with Crippen LogP contribution >= 0.6 is 0 Å². The molecule has 0 saturated carbocycles. The van der Waals surface area contributed by atoms with E-state index in [1.807, 2.05) is 161 Å². The van der Waals surface area contributed by atoms with Crippen LogP contribution in [-0.4, -0.2) is 69.6 Å². The highest BCUT2D eigenvalue weighted by Crippen LogP contribution is 2.43. The van der Waals surface area contributed by atoms with Gasteiger partial charge in [0.1, 0.15) is 5.69 Å². The highest BCUT2D eigenvalue weighted by molar-refractivity contribution is 6.05. The number of anilines is 1.